The highest BCUT2D eigenvalue weighted by Crippen LogP contribution is 2.30. The maximum absolute atomic E-state index is 14.7. The molecule has 0 radical (unpaired) electrons. The number of hydrogen-bond donors (Lipinski definition) is 1. The maximum Gasteiger partial charge on any atom is 0.320 e. The Hall–Kier alpha value is -3.51. The van der Waals surface area contributed by atoms with Crippen LogP contribution in [0.5, 0.6) is 5.88 Å². The van der Waals surface area contributed by atoms with E-state index in [0.29, 0.717) is 79.7 Å². The highest BCUT2D eigenvalue weighted by molar-refractivity contribution is 8.00. The molecule has 206 valence electrons. The fourth-order valence-electron chi connectivity index (χ4n) is 5.00. The number of thioether (sulfide) groups is 1. The number of halogens is 1. The van der Waals surface area contributed by atoms with E-state index in [0.717, 1.165) is 10.6 Å². The molecule has 5 heterocycles. The van der Waals surface area contributed by atoms with E-state index in [4.69, 9.17) is 4.74 Å². The molecule has 3 aromatic heterocycles. The molecule has 39 heavy (non-hydrogen) atoms. The van der Waals surface area contributed by atoms with Crippen LogP contribution in [0.15, 0.2) is 35.4 Å². The predicted octanol–water partition coefficient (Wildman–Crippen LogP) is 3.41. The van der Waals surface area contributed by atoms with Crippen molar-refractivity contribution in [1.29, 1.82) is 0 Å². The largest absolute Gasteiger partial charge is 0.481 e. The molecule has 1 saturated heterocycles. The summed E-state index contributed by atoms with van der Waals surface area (Å²) in [4.78, 5) is 45.2. The highest BCUT2D eigenvalue weighted by Gasteiger charge is 2.30. The highest BCUT2D eigenvalue weighted by atomic mass is 32.2. The standard InChI is InChI=1S/C27H32FN7O3S/c1-4-34(15-18-5-7-22-26(30-18)31-23(36)16-39-22)27(37)35-12-11-33(14-17(35)2)10-9-19-20(28)13-29-21-6-8-24(38-3)32-25(19)21/h5-8,13,17H,4,9-12,14-16H2,1-3H3,(H,30,31,36). The van der Waals surface area contributed by atoms with E-state index in [1.54, 1.807) is 17.0 Å². The lowest BCUT2D eigenvalue weighted by Crippen LogP contribution is -2.57. The van der Waals surface area contributed by atoms with Gasteiger partial charge in [0, 0.05) is 50.4 Å². The van der Waals surface area contributed by atoms with Gasteiger partial charge in [-0.2, -0.15) is 0 Å². The number of fused-ring (bicyclic) bond motifs is 2. The number of anilines is 1. The number of methoxy groups -OCH3 is 1. The first-order valence-electron chi connectivity index (χ1n) is 13.0. The van der Waals surface area contributed by atoms with Gasteiger partial charge in [0.15, 0.2) is 0 Å². The second-order valence-corrected chi connectivity index (χ2v) is 10.7. The lowest BCUT2D eigenvalue weighted by molar-refractivity contribution is -0.113. The Morgan fingerprint density at radius 3 is 2.87 bits per heavy atom. The summed E-state index contributed by atoms with van der Waals surface area (Å²) in [5.74, 6) is 0.927. The fraction of sp³-hybridized carbons (Fsp3) is 0.444. The van der Waals surface area contributed by atoms with Crippen LogP contribution in [0.3, 0.4) is 0 Å². The van der Waals surface area contributed by atoms with Crippen molar-refractivity contribution >= 4 is 40.6 Å². The second kappa shape index (κ2) is 11.7. The molecule has 1 fully saturated rings. The summed E-state index contributed by atoms with van der Waals surface area (Å²) in [5, 5.41) is 2.81. The van der Waals surface area contributed by atoms with E-state index >= 15 is 0 Å². The lowest BCUT2D eigenvalue weighted by atomic mass is 10.1. The number of urea groups is 1. The summed E-state index contributed by atoms with van der Waals surface area (Å²) in [7, 11) is 1.53. The SMILES string of the molecule is CCN(Cc1ccc2c(n1)NC(=O)CS2)C(=O)N1CCN(CCc2c(F)cnc3ccc(OC)nc23)CC1C. The average Bonchev–Trinajstić information content (AvgIpc) is 2.94. The quantitative estimate of drug-likeness (QED) is 0.475. The van der Waals surface area contributed by atoms with Crippen LogP contribution in [0.4, 0.5) is 15.0 Å². The van der Waals surface area contributed by atoms with Crippen LogP contribution in [0.2, 0.25) is 0 Å². The minimum Gasteiger partial charge on any atom is -0.481 e. The molecule has 1 atom stereocenters. The van der Waals surface area contributed by atoms with Gasteiger partial charge in [-0.15, -0.1) is 11.8 Å². The molecule has 0 bridgehead atoms. The van der Waals surface area contributed by atoms with Crippen molar-refractivity contribution in [3.05, 3.63) is 47.5 Å². The molecule has 12 heteroatoms. The summed E-state index contributed by atoms with van der Waals surface area (Å²) in [6, 6.07) is 7.31. The number of piperazine rings is 1. The van der Waals surface area contributed by atoms with Crippen molar-refractivity contribution in [2.24, 2.45) is 0 Å². The van der Waals surface area contributed by atoms with E-state index in [9.17, 15) is 14.0 Å². The zero-order valence-corrected chi connectivity index (χ0v) is 23.1. The van der Waals surface area contributed by atoms with Gasteiger partial charge in [-0.25, -0.2) is 19.2 Å². The summed E-state index contributed by atoms with van der Waals surface area (Å²) < 4.78 is 19.9. The molecule has 0 spiro atoms. The number of amides is 3. The number of pyridine rings is 3. The van der Waals surface area contributed by atoms with Crippen molar-refractivity contribution in [2.75, 3.05) is 50.9 Å². The Morgan fingerprint density at radius 2 is 2.10 bits per heavy atom. The number of carbonyl (C=O) groups is 2. The molecular formula is C27H32FN7O3S. The molecule has 0 aliphatic carbocycles. The van der Waals surface area contributed by atoms with Crippen LogP contribution in [0.1, 0.15) is 25.1 Å². The van der Waals surface area contributed by atoms with Gasteiger partial charge in [-0.3, -0.25) is 14.7 Å². The van der Waals surface area contributed by atoms with Gasteiger partial charge >= 0.3 is 6.03 Å². The summed E-state index contributed by atoms with van der Waals surface area (Å²) in [6.45, 7) is 7.48. The Balaban J connectivity index is 1.20. The first-order valence-corrected chi connectivity index (χ1v) is 14.0. The van der Waals surface area contributed by atoms with Gasteiger partial charge in [-0.1, -0.05) is 0 Å². The Bertz CT molecular complexity index is 1390. The summed E-state index contributed by atoms with van der Waals surface area (Å²) in [6.07, 6.45) is 1.72. The third-order valence-electron chi connectivity index (χ3n) is 7.12. The number of nitrogens with one attached hydrogen (secondary N) is 1. The monoisotopic (exact) mass is 553 g/mol. The average molecular weight is 554 g/mol. The van der Waals surface area contributed by atoms with Gasteiger partial charge in [-0.05, 0) is 38.5 Å². The molecule has 1 unspecified atom stereocenters. The normalized spacial score (nSPS) is 17.6. The Labute approximate surface area is 230 Å². The molecule has 0 aromatic carbocycles. The molecule has 3 aromatic rings. The lowest BCUT2D eigenvalue weighted by Gasteiger charge is -2.42. The number of nitrogens with zero attached hydrogens (tertiary/aromatic N) is 6. The molecule has 10 nitrogen and oxygen atoms in total. The van der Waals surface area contributed by atoms with Crippen molar-refractivity contribution in [3.63, 3.8) is 0 Å². The van der Waals surface area contributed by atoms with Crippen molar-refractivity contribution < 1.29 is 18.7 Å². The van der Waals surface area contributed by atoms with Crippen molar-refractivity contribution in [1.82, 2.24) is 29.7 Å². The minimum absolute atomic E-state index is 0.00951. The number of rotatable bonds is 7. The number of ether oxygens (including phenoxy) is 1. The molecule has 5 rings (SSSR count). The second-order valence-electron chi connectivity index (χ2n) is 9.68. The third-order valence-corrected chi connectivity index (χ3v) is 8.17. The topological polar surface area (TPSA) is 104 Å². The van der Waals surface area contributed by atoms with E-state index in [-0.39, 0.29) is 23.8 Å². The van der Waals surface area contributed by atoms with Gasteiger partial charge in [0.25, 0.3) is 0 Å². The van der Waals surface area contributed by atoms with E-state index in [1.165, 1.54) is 25.1 Å². The minimum atomic E-state index is -0.377. The molecule has 0 saturated carbocycles. The van der Waals surface area contributed by atoms with Crippen molar-refractivity contribution in [2.45, 2.75) is 37.8 Å². The first kappa shape index (κ1) is 27.1. The predicted molar refractivity (Wildman–Crippen MR) is 147 cm³/mol. The van der Waals surface area contributed by atoms with Crippen LogP contribution in [-0.2, 0) is 17.8 Å². The molecular weight excluding hydrogens is 521 g/mol. The maximum atomic E-state index is 14.7. The van der Waals surface area contributed by atoms with Crippen LogP contribution in [-0.4, -0.2) is 93.2 Å². The van der Waals surface area contributed by atoms with Gasteiger partial charge in [0.1, 0.15) is 11.6 Å². The van der Waals surface area contributed by atoms with Gasteiger partial charge in [0.05, 0.1) is 47.2 Å². The molecule has 3 amide bonds. The zero-order valence-electron chi connectivity index (χ0n) is 22.3. The van der Waals surface area contributed by atoms with E-state index in [2.05, 4.69) is 25.2 Å². The number of hydrogen-bond acceptors (Lipinski definition) is 8. The number of aromatic nitrogens is 3. The zero-order chi connectivity index (χ0) is 27.5. The van der Waals surface area contributed by atoms with Crippen LogP contribution in [0, 0.1) is 5.82 Å². The summed E-state index contributed by atoms with van der Waals surface area (Å²) >= 11 is 1.46. The molecule has 1 N–H and O–H groups in total. The molecule has 2 aliphatic heterocycles. The smallest absolute Gasteiger partial charge is 0.320 e. The Kier molecular flexibility index (Phi) is 8.12. The van der Waals surface area contributed by atoms with Crippen LogP contribution in [0.25, 0.3) is 11.0 Å². The van der Waals surface area contributed by atoms with E-state index < -0.39 is 0 Å². The fourth-order valence-corrected chi connectivity index (χ4v) is 5.76. The summed E-state index contributed by atoms with van der Waals surface area (Å²) in [5.41, 5.74) is 2.40. The number of carbonyl (C=O) groups excluding carboxylic acids is 2. The van der Waals surface area contributed by atoms with Gasteiger partial charge < -0.3 is 19.9 Å². The van der Waals surface area contributed by atoms with Crippen molar-refractivity contribution in [3.8, 4) is 5.88 Å². The Morgan fingerprint density at radius 1 is 1.26 bits per heavy atom. The first-order chi connectivity index (χ1) is 18.9. The third kappa shape index (κ3) is 5.91. The molecule has 2 aliphatic rings. The van der Waals surface area contributed by atoms with E-state index in [1.807, 2.05) is 30.9 Å². The van der Waals surface area contributed by atoms with Crippen LogP contribution >= 0.6 is 11.8 Å². The van der Waals surface area contributed by atoms with Crippen LogP contribution < -0.4 is 10.1 Å². The van der Waals surface area contributed by atoms with Gasteiger partial charge in [0.2, 0.25) is 11.8 Å².